The van der Waals surface area contributed by atoms with Gasteiger partial charge in [0.15, 0.2) is 0 Å². The molecule has 0 atom stereocenters. The molecule has 0 amide bonds. The molecule has 0 aliphatic carbocycles. The number of carboxylic acids is 4. The van der Waals surface area contributed by atoms with Gasteiger partial charge in [-0.15, -0.1) is 0 Å². The van der Waals surface area contributed by atoms with Crippen LogP contribution in [0.5, 0.6) is 0 Å². The Hall–Kier alpha value is -1.01. The van der Waals surface area contributed by atoms with E-state index in [1.54, 1.807) is 0 Å². The number of carboxylic acid groups (broad SMARTS) is 4. The number of hydrogen-bond donors (Lipinski definition) is 6. The van der Waals surface area contributed by atoms with E-state index in [1.165, 1.54) is 0 Å². The summed E-state index contributed by atoms with van der Waals surface area (Å²) in [5.74, 6) is -7.30. The van der Waals surface area contributed by atoms with Crippen molar-refractivity contribution in [3.05, 3.63) is 0 Å². The van der Waals surface area contributed by atoms with E-state index in [0.717, 1.165) is 0 Å². The maximum atomic E-state index is 9.10. The van der Waals surface area contributed by atoms with Crippen molar-refractivity contribution >= 4 is 31.7 Å². The third kappa shape index (κ3) is 60.0. The quantitative estimate of drug-likeness (QED) is 0.139. The topological polar surface area (TPSA) is 230 Å². The minimum absolute atomic E-state index is 0. The average molecular weight is 300 g/mol. The standard InChI is InChI=1S/2C2H2O4.Na.H3O4P/c2*3-1(4)2(5)6;;1-5(2,3)4/h2*(H,3,4)(H,5,6);;(H3,1,2,3,4)/q;;+1;/p-1. The average Bonchev–Trinajstić information content (AvgIpc) is 2.01. The Bertz CT molecular complexity index is 286. The van der Waals surface area contributed by atoms with Crippen LogP contribution in [0.15, 0.2) is 0 Å². The Morgan fingerprint density at radius 2 is 0.778 bits per heavy atom. The summed E-state index contributed by atoms with van der Waals surface area (Å²) in [6, 6.07) is 0. The zero-order valence-corrected chi connectivity index (χ0v) is 11.5. The monoisotopic (exact) mass is 300 g/mol. The normalized spacial score (nSPS) is 8.17. The maximum absolute atomic E-state index is 9.10. The van der Waals surface area contributed by atoms with E-state index in [-0.39, 0.29) is 29.6 Å². The van der Waals surface area contributed by atoms with E-state index in [9.17, 15) is 0 Å². The summed E-state index contributed by atoms with van der Waals surface area (Å²) >= 11 is 0. The molecule has 18 heavy (non-hydrogen) atoms. The van der Waals surface area contributed by atoms with Crippen LogP contribution in [0.4, 0.5) is 0 Å². The first kappa shape index (κ1) is 25.7. The van der Waals surface area contributed by atoms with Crippen molar-refractivity contribution in [2.75, 3.05) is 0 Å². The van der Waals surface area contributed by atoms with Gasteiger partial charge >= 0.3 is 53.4 Å². The Balaban J connectivity index is -0.0000000799. The third-order valence-corrected chi connectivity index (χ3v) is 0.366. The van der Waals surface area contributed by atoms with Crippen molar-refractivity contribution in [2.45, 2.75) is 0 Å². The Morgan fingerprint density at radius 3 is 0.778 bits per heavy atom. The van der Waals surface area contributed by atoms with Crippen molar-refractivity contribution in [3.63, 3.8) is 0 Å². The molecule has 0 aliphatic heterocycles. The number of carbonyl (C=O) groups is 4. The van der Waals surface area contributed by atoms with Gasteiger partial charge in [0.1, 0.15) is 0 Å². The van der Waals surface area contributed by atoms with Crippen LogP contribution < -0.4 is 34.5 Å². The van der Waals surface area contributed by atoms with Crippen molar-refractivity contribution in [1.82, 2.24) is 0 Å². The van der Waals surface area contributed by atoms with Crippen molar-refractivity contribution in [1.29, 1.82) is 0 Å². The summed E-state index contributed by atoms with van der Waals surface area (Å²) in [7, 11) is -4.89. The van der Waals surface area contributed by atoms with Crippen LogP contribution in [0.1, 0.15) is 0 Å². The SMILES string of the molecule is O=C(O)C(=O)O.O=C(O)C(=O)O.O=P([O-])(O)O.[Na+]. The Morgan fingerprint density at radius 1 is 0.722 bits per heavy atom. The van der Waals surface area contributed by atoms with Gasteiger partial charge in [-0.2, -0.15) is 0 Å². The van der Waals surface area contributed by atoms with Gasteiger partial charge in [-0.1, -0.05) is 0 Å². The van der Waals surface area contributed by atoms with E-state index in [2.05, 4.69) is 0 Å². The van der Waals surface area contributed by atoms with Crippen LogP contribution in [0.25, 0.3) is 0 Å². The molecule has 0 aromatic rings. The largest absolute Gasteiger partial charge is 1.00 e. The molecule has 0 bridgehead atoms. The fourth-order valence-corrected chi connectivity index (χ4v) is 0. The fraction of sp³-hybridized carbons (Fsp3) is 0. The molecule has 0 aromatic heterocycles. The van der Waals surface area contributed by atoms with E-state index in [4.69, 9.17) is 58.8 Å². The Labute approximate surface area is 120 Å². The molecule has 14 heteroatoms. The molecule has 6 N–H and O–H groups in total. The second-order valence-corrected chi connectivity index (χ2v) is 2.69. The van der Waals surface area contributed by atoms with Crippen LogP contribution in [-0.4, -0.2) is 54.1 Å². The van der Waals surface area contributed by atoms with Crippen LogP contribution in [0, 0.1) is 0 Å². The summed E-state index contributed by atoms with van der Waals surface area (Å²) in [6.45, 7) is 0. The first-order valence-electron chi connectivity index (χ1n) is 2.98. The molecule has 0 saturated carbocycles. The summed E-state index contributed by atoms with van der Waals surface area (Å²) in [6.07, 6.45) is 0. The number of hydrogen-bond acceptors (Lipinski definition) is 6. The molecule has 0 rings (SSSR count). The maximum Gasteiger partial charge on any atom is 1.00 e. The predicted molar refractivity (Wildman–Crippen MR) is 42.6 cm³/mol. The molecule has 0 spiro atoms. The van der Waals surface area contributed by atoms with Crippen molar-refractivity contribution in [3.8, 4) is 0 Å². The number of phosphoric acid groups is 1. The molecule has 0 aromatic carbocycles. The molecule has 0 fully saturated rings. The second kappa shape index (κ2) is 12.4. The predicted octanol–water partition coefficient (Wildman–Crippen LogP) is -6.25. The number of aliphatic carboxylic acids is 4. The molecule has 0 unspecified atom stereocenters. The van der Waals surface area contributed by atoms with Gasteiger partial charge in [0.2, 0.25) is 0 Å². The van der Waals surface area contributed by atoms with Crippen LogP contribution in [0.3, 0.4) is 0 Å². The molecule has 0 heterocycles. The molecule has 100 valence electrons. The van der Waals surface area contributed by atoms with Crippen LogP contribution in [0.2, 0.25) is 0 Å². The van der Waals surface area contributed by atoms with Gasteiger partial charge in [-0.05, 0) is 0 Å². The molecular weight excluding hydrogens is 294 g/mol. The van der Waals surface area contributed by atoms with Gasteiger partial charge in [0.05, 0.1) is 0 Å². The van der Waals surface area contributed by atoms with Gasteiger partial charge in [0, 0.05) is 0 Å². The third-order valence-electron chi connectivity index (χ3n) is 0.366. The molecule has 12 nitrogen and oxygen atoms in total. The molecule has 0 radical (unpaired) electrons. The zero-order valence-electron chi connectivity index (χ0n) is 8.58. The van der Waals surface area contributed by atoms with Gasteiger partial charge < -0.3 is 35.1 Å². The number of rotatable bonds is 0. The van der Waals surface area contributed by atoms with Gasteiger partial charge in [-0.3, -0.25) is 4.57 Å². The zero-order chi connectivity index (χ0) is 14.8. The second-order valence-electron chi connectivity index (χ2n) is 1.71. The first-order chi connectivity index (χ1) is 7.29. The van der Waals surface area contributed by atoms with Crippen molar-refractivity contribution < 1.29 is 88.4 Å². The minimum Gasteiger partial charge on any atom is -0.756 e. The molecule has 0 aliphatic rings. The summed E-state index contributed by atoms with van der Waals surface area (Å²) < 4.78 is 8.77. The first-order valence-corrected chi connectivity index (χ1v) is 4.51. The van der Waals surface area contributed by atoms with Crippen LogP contribution in [-0.2, 0) is 23.7 Å². The van der Waals surface area contributed by atoms with E-state index in [1.807, 2.05) is 0 Å². The molecule has 0 saturated heterocycles. The van der Waals surface area contributed by atoms with Crippen LogP contribution >= 0.6 is 7.82 Å². The smallest absolute Gasteiger partial charge is 0.756 e. The summed E-state index contributed by atoms with van der Waals surface area (Å²) in [5.41, 5.74) is 0. The summed E-state index contributed by atoms with van der Waals surface area (Å²) in [5, 5.41) is 29.6. The van der Waals surface area contributed by atoms with Gasteiger partial charge in [-0.25, -0.2) is 19.2 Å². The van der Waals surface area contributed by atoms with E-state index >= 15 is 0 Å². The van der Waals surface area contributed by atoms with E-state index < -0.39 is 31.7 Å². The van der Waals surface area contributed by atoms with Crippen molar-refractivity contribution in [2.24, 2.45) is 0 Å². The van der Waals surface area contributed by atoms with E-state index in [0.29, 0.717) is 0 Å². The van der Waals surface area contributed by atoms with Gasteiger partial charge in [0.25, 0.3) is 7.82 Å². The molecular formula is C4H6NaO12P. The minimum atomic E-state index is -4.89. The fourth-order valence-electron chi connectivity index (χ4n) is 0. The summed E-state index contributed by atoms with van der Waals surface area (Å²) in [4.78, 5) is 59.3. The Kier molecular flexibility index (Phi) is 17.8.